The number of quaternary nitrogens is 1. The summed E-state index contributed by atoms with van der Waals surface area (Å²) in [7, 11) is 2.50. The molecular weight excluding hydrogens is 194 g/mol. The fourth-order valence-electron chi connectivity index (χ4n) is 3.97. The summed E-state index contributed by atoms with van der Waals surface area (Å²) < 4.78 is 1.38. The Bertz CT molecular complexity index is 215. The highest BCUT2D eigenvalue weighted by Gasteiger charge is 2.33. The Labute approximate surface area is 102 Å². The second-order valence-corrected chi connectivity index (χ2v) is 6.99. The molecule has 2 atom stereocenters. The fourth-order valence-corrected chi connectivity index (χ4v) is 3.97. The van der Waals surface area contributed by atoms with Gasteiger partial charge in [-0.3, -0.25) is 0 Å². The van der Waals surface area contributed by atoms with E-state index in [9.17, 15) is 0 Å². The van der Waals surface area contributed by atoms with Gasteiger partial charge in [0.05, 0.1) is 26.7 Å². The van der Waals surface area contributed by atoms with E-state index >= 15 is 0 Å². The van der Waals surface area contributed by atoms with Crippen LogP contribution in [0.15, 0.2) is 0 Å². The van der Waals surface area contributed by atoms with Gasteiger partial charge in [0.2, 0.25) is 0 Å². The quantitative estimate of drug-likeness (QED) is 0.641. The normalized spacial score (nSPS) is 34.5. The Hall–Kier alpha value is -0.0400. The van der Waals surface area contributed by atoms with Crippen molar-refractivity contribution in [2.24, 2.45) is 17.8 Å². The first-order valence-corrected chi connectivity index (χ1v) is 7.43. The summed E-state index contributed by atoms with van der Waals surface area (Å²) in [5.74, 6) is 2.98. The van der Waals surface area contributed by atoms with Gasteiger partial charge in [0.15, 0.2) is 0 Å². The Morgan fingerprint density at radius 3 is 2.31 bits per heavy atom. The molecule has 16 heavy (non-hydrogen) atoms. The molecule has 0 aromatic heterocycles. The van der Waals surface area contributed by atoms with Gasteiger partial charge in [0.25, 0.3) is 0 Å². The molecule has 0 radical (unpaired) electrons. The molecule has 2 unspecified atom stereocenters. The third-order valence-corrected chi connectivity index (χ3v) is 5.12. The molecule has 1 heteroatoms. The van der Waals surface area contributed by atoms with Crippen molar-refractivity contribution in [2.45, 2.75) is 52.4 Å². The van der Waals surface area contributed by atoms with E-state index in [-0.39, 0.29) is 0 Å². The van der Waals surface area contributed by atoms with Crippen molar-refractivity contribution >= 4 is 0 Å². The van der Waals surface area contributed by atoms with Gasteiger partial charge in [-0.05, 0) is 50.4 Å². The van der Waals surface area contributed by atoms with Crippen LogP contribution in [0, 0.1) is 17.8 Å². The van der Waals surface area contributed by atoms with Crippen molar-refractivity contribution < 1.29 is 4.48 Å². The van der Waals surface area contributed by atoms with Crippen molar-refractivity contribution in [1.82, 2.24) is 0 Å². The molecule has 0 amide bonds. The Morgan fingerprint density at radius 2 is 1.75 bits per heavy atom. The van der Waals surface area contributed by atoms with Gasteiger partial charge in [0.1, 0.15) is 0 Å². The van der Waals surface area contributed by atoms with E-state index in [4.69, 9.17) is 0 Å². The molecule has 2 fully saturated rings. The van der Waals surface area contributed by atoms with E-state index in [2.05, 4.69) is 20.9 Å². The molecule has 1 aliphatic heterocycles. The van der Waals surface area contributed by atoms with E-state index in [0.29, 0.717) is 0 Å². The summed E-state index contributed by atoms with van der Waals surface area (Å²) in [6.45, 7) is 9.18. The largest absolute Gasteiger partial charge is 0.326 e. The van der Waals surface area contributed by atoms with E-state index in [1.54, 1.807) is 0 Å². The molecule has 1 nitrogen and oxygen atoms in total. The fraction of sp³-hybridized carbons (Fsp3) is 1.00. The summed E-state index contributed by atoms with van der Waals surface area (Å²) in [5, 5.41) is 0. The van der Waals surface area contributed by atoms with Crippen molar-refractivity contribution in [3.05, 3.63) is 0 Å². The van der Waals surface area contributed by atoms with Crippen LogP contribution < -0.4 is 0 Å². The summed E-state index contributed by atoms with van der Waals surface area (Å²) in [6.07, 6.45) is 8.95. The van der Waals surface area contributed by atoms with Gasteiger partial charge in [-0.1, -0.05) is 13.8 Å². The van der Waals surface area contributed by atoms with Crippen molar-refractivity contribution in [1.29, 1.82) is 0 Å². The average molecular weight is 224 g/mol. The lowest BCUT2D eigenvalue weighted by Gasteiger charge is -2.39. The second kappa shape index (κ2) is 5.08. The van der Waals surface area contributed by atoms with Crippen LogP contribution in [0.25, 0.3) is 0 Å². The number of likely N-dealkylation sites (tertiary alicyclic amines) is 1. The molecule has 1 aliphatic carbocycles. The summed E-state index contributed by atoms with van der Waals surface area (Å²) >= 11 is 0. The van der Waals surface area contributed by atoms with Gasteiger partial charge in [-0.2, -0.15) is 0 Å². The molecule has 0 N–H and O–H groups in total. The summed E-state index contributed by atoms with van der Waals surface area (Å²) in [4.78, 5) is 0. The lowest BCUT2D eigenvalue weighted by atomic mass is 9.93. The Kier molecular flexibility index (Phi) is 3.94. The van der Waals surface area contributed by atoms with Crippen LogP contribution in [-0.4, -0.2) is 31.2 Å². The van der Waals surface area contributed by atoms with Crippen LogP contribution in [0.3, 0.4) is 0 Å². The van der Waals surface area contributed by atoms with E-state index in [1.807, 2.05) is 0 Å². The van der Waals surface area contributed by atoms with E-state index in [0.717, 1.165) is 17.8 Å². The highest BCUT2D eigenvalue weighted by molar-refractivity contribution is 4.77. The Balaban J connectivity index is 1.81. The van der Waals surface area contributed by atoms with Crippen LogP contribution in [0.2, 0.25) is 0 Å². The topological polar surface area (TPSA) is 0 Å². The Morgan fingerprint density at radius 1 is 1.06 bits per heavy atom. The zero-order valence-corrected chi connectivity index (χ0v) is 11.5. The number of rotatable bonds is 3. The predicted octanol–water partition coefficient (Wildman–Crippen LogP) is 3.69. The van der Waals surface area contributed by atoms with E-state index < -0.39 is 0 Å². The van der Waals surface area contributed by atoms with Gasteiger partial charge in [-0.15, -0.1) is 0 Å². The van der Waals surface area contributed by atoms with Crippen LogP contribution >= 0.6 is 0 Å². The number of piperidine rings is 1. The molecule has 0 aromatic carbocycles. The third kappa shape index (κ3) is 3.00. The first kappa shape index (κ1) is 12.4. The first-order valence-electron chi connectivity index (χ1n) is 7.43. The molecule has 0 aromatic rings. The van der Waals surface area contributed by atoms with E-state index in [1.165, 1.54) is 62.6 Å². The van der Waals surface area contributed by atoms with Crippen LogP contribution in [0.1, 0.15) is 52.4 Å². The highest BCUT2D eigenvalue weighted by Crippen LogP contribution is 2.37. The van der Waals surface area contributed by atoms with Gasteiger partial charge >= 0.3 is 0 Å². The molecule has 0 spiro atoms. The minimum atomic E-state index is 0.914. The maximum Gasteiger partial charge on any atom is 0.0813 e. The minimum Gasteiger partial charge on any atom is -0.326 e. The average Bonchev–Trinajstić information content (AvgIpc) is 2.66. The molecule has 1 saturated heterocycles. The first-order chi connectivity index (χ1) is 7.59. The molecule has 1 saturated carbocycles. The molecule has 2 rings (SSSR count). The molecular formula is C15H30N+. The summed E-state index contributed by atoms with van der Waals surface area (Å²) in [6, 6.07) is 0. The molecule has 1 heterocycles. The maximum absolute atomic E-state index is 2.50. The minimum absolute atomic E-state index is 0.914. The van der Waals surface area contributed by atoms with Gasteiger partial charge in [-0.25, -0.2) is 0 Å². The lowest BCUT2D eigenvalue weighted by Crippen LogP contribution is -2.50. The lowest BCUT2D eigenvalue weighted by molar-refractivity contribution is -0.917. The molecule has 2 aliphatic rings. The van der Waals surface area contributed by atoms with Crippen LogP contribution in [0.4, 0.5) is 0 Å². The smallest absolute Gasteiger partial charge is 0.0813 e. The van der Waals surface area contributed by atoms with Crippen molar-refractivity contribution in [3.8, 4) is 0 Å². The van der Waals surface area contributed by atoms with Crippen molar-refractivity contribution in [3.63, 3.8) is 0 Å². The van der Waals surface area contributed by atoms with Crippen LogP contribution in [-0.2, 0) is 0 Å². The van der Waals surface area contributed by atoms with Gasteiger partial charge < -0.3 is 4.48 Å². The van der Waals surface area contributed by atoms with Crippen molar-refractivity contribution in [2.75, 3.05) is 26.7 Å². The maximum atomic E-state index is 2.50. The predicted molar refractivity (Wildman–Crippen MR) is 70.3 cm³/mol. The highest BCUT2D eigenvalue weighted by atomic mass is 15.3. The SMILES string of the molecule is CC(C)C1CCC(C[N+]2(C)CCCCC2)C1. The third-order valence-electron chi connectivity index (χ3n) is 5.12. The number of nitrogens with zero attached hydrogens (tertiary/aromatic N) is 1. The number of hydrogen-bond acceptors (Lipinski definition) is 0. The molecule has 0 bridgehead atoms. The molecule has 94 valence electrons. The zero-order valence-electron chi connectivity index (χ0n) is 11.5. The summed E-state index contributed by atoms with van der Waals surface area (Å²) in [5.41, 5.74) is 0. The van der Waals surface area contributed by atoms with Gasteiger partial charge in [0, 0.05) is 5.92 Å². The monoisotopic (exact) mass is 224 g/mol. The zero-order chi connectivity index (χ0) is 11.6. The number of hydrogen-bond donors (Lipinski definition) is 0. The standard InChI is InChI=1S/C15H30N/c1-13(2)15-8-7-14(11-15)12-16(3)9-5-4-6-10-16/h13-15H,4-12H2,1-3H3/q+1. The van der Waals surface area contributed by atoms with Crippen LogP contribution in [0.5, 0.6) is 0 Å². The second-order valence-electron chi connectivity index (χ2n) is 6.99.